The van der Waals surface area contributed by atoms with Gasteiger partial charge in [0.15, 0.2) is 11.6 Å². The quantitative estimate of drug-likeness (QED) is 0.372. The lowest BCUT2D eigenvalue weighted by Crippen LogP contribution is -2.30. The zero-order valence-electron chi connectivity index (χ0n) is 19.9. The van der Waals surface area contributed by atoms with Crippen LogP contribution in [0.2, 0.25) is 0 Å². The third-order valence-electron chi connectivity index (χ3n) is 5.25. The van der Waals surface area contributed by atoms with E-state index in [1.54, 1.807) is 21.0 Å². The second-order valence-electron chi connectivity index (χ2n) is 7.88. The number of phenolic OH excluding ortho intramolecular Hbond substituents is 1. The number of sulfonamides is 1. The van der Waals surface area contributed by atoms with E-state index in [0.29, 0.717) is 6.42 Å². The van der Waals surface area contributed by atoms with Gasteiger partial charge in [0, 0.05) is 14.1 Å². The lowest BCUT2D eigenvalue weighted by molar-refractivity contribution is -0.137. The van der Waals surface area contributed by atoms with Crippen LogP contribution in [0.5, 0.6) is 5.75 Å². The average molecular weight is 501 g/mol. The van der Waals surface area contributed by atoms with E-state index in [1.807, 2.05) is 37.3 Å². The summed E-state index contributed by atoms with van der Waals surface area (Å²) in [5, 5.41) is 16.6. The Hall–Kier alpha value is -3.86. The molecule has 0 saturated heterocycles. The smallest absolute Gasteiger partial charge is 0.354 e. The predicted octanol–water partition coefficient (Wildman–Crippen LogP) is 2.76. The Morgan fingerprint density at radius 1 is 1.09 bits per heavy atom. The number of carbonyl (C=O) groups is 2. The van der Waals surface area contributed by atoms with Crippen LogP contribution in [0, 0.1) is 0 Å². The number of rotatable bonds is 8. The zero-order valence-corrected chi connectivity index (χ0v) is 20.7. The summed E-state index contributed by atoms with van der Waals surface area (Å²) in [6.07, 6.45) is 0.565. The molecule has 0 unspecified atom stereocenters. The van der Waals surface area contributed by atoms with E-state index in [-0.39, 0.29) is 41.2 Å². The van der Waals surface area contributed by atoms with Crippen molar-refractivity contribution in [3.8, 4) is 5.75 Å². The van der Waals surface area contributed by atoms with Gasteiger partial charge in [0.1, 0.15) is 5.70 Å². The summed E-state index contributed by atoms with van der Waals surface area (Å²) in [6, 6.07) is 13.4. The number of carbonyl (C=O) groups excluding carboxylic acids is 2. The van der Waals surface area contributed by atoms with Crippen molar-refractivity contribution in [3.63, 3.8) is 0 Å². The number of ether oxygens (including phenoxy) is 1. The van der Waals surface area contributed by atoms with Crippen molar-refractivity contribution in [3.05, 3.63) is 70.3 Å². The van der Waals surface area contributed by atoms with Gasteiger partial charge in [0.2, 0.25) is 4.91 Å². The summed E-state index contributed by atoms with van der Waals surface area (Å²) >= 11 is 0. The standard InChI is InChI=1S/C24H28N4O6S/c1-5-17(15-11-8-7-9-12-15)25-19-21(24(31)34-6-2)35(32,33)27-22(19)26-18-14-10-13-16(20(18)29)23(30)28(3)4/h7-14,17,25,29H,5-6H2,1-4H3,(H,26,27)/t17-/m1/s1. The number of esters is 1. The van der Waals surface area contributed by atoms with Crippen molar-refractivity contribution in [2.75, 3.05) is 26.0 Å². The van der Waals surface area contributed by atoms with Crippen LogP contribution in [-0.2, 0) is 19.6 Å². The van der Waals surface area contributed by atoms with Gasteiger partial charge in [-0.1, -0.05) is 43.3 Å². The van der Waals surface area contributed by atoms with Gasteiger partial charge in [0.25, 0.3) is 15.9 Å². The molecule has 186 valence electrons. The van der Waals surface area contributed by atoms with Crippen LogP contribution in [0.4, 0.5) is 5.69 Å². The molecule has 0 radical (unpaired) electrons. The Kier molecular flexibility index (Phi) is 7.80. The molecule has 11 heteroatoms. The van der Waals surface area contributed by atoms with Crippen LogP contribution in [-0.4, -0.2) is 56.8 Å². The van der Waals surface area contributed by atoms with Crippen LogP contribution in [0.1, 0.15) is 42.2 Å². The highest BCUT2D eigenvalue weighted by Crippen LogP contribution is 2.32. The van der Waals surface area contributed by atoms with Gasteiger partial charge in [-0.25, -0.2) is 4.79 Å². The van der Waals surface area contributed by atoms with Crippen molar-refractivity contribution in [1.29, 1.82) is 0 Å². The highest BCUT2D eigenvalue weighted by Gasteiger charge is 2.40. The Morgan fingerprint density at radius 3 is 2.37 bits per heavy atom. The average Bonchev–Trinajstić information content (AvgIpc) is 3.07. The fraction of sp³-hybridized carbons (Fsp3) is 0.292. The third-order valence-corrected chi connectivity index (χ3v) is 6.56. The van der Waals surface area contributed by atoms with E-state index in [4.69, 9.17) is 4.74 Å². The number of para-hydroxylation sites is 1. The monoisotopic (exact) mass is 500 g/mol. The number of nitrogens with zero attached hydrogens (tertiary/aromatic N) is 2. The molecule has 1 amide bonds. The van der Waals surface area contributed by atoms with Crippen molar-refractivity contribution in [2.45, 2.75) is 26.3 Å². The van der Waals surface area contributed by atoms with Crippen molar-refractivity contribution >= 4 is 33.4 Å². The fourth-order valence-electron chi connectivity index (χ4n) is 3.54. The molecular weight excluding hydrogens is 472 g/mol. The first-order chi connectivity index (χ1) is 16.6. The first-order valence-corrected chi connectivity index (χ1v) is 12.4. The SMILES string of the molecule is CCOC(=O)C1=C(N[C@H](CC)c2ccccc2)C(Nc2cccc(C(=O)N(C)C)c2O)=NS1(=O)=O. The van der Waals surface area contributed by atoms with E-state index >= 15 is 0 Å². The van der Waals surface area contributed by atoms with Crippen LogP contribution in [0.3, 0.4) is 0 Å². The molecular formula is C24H28N4O6S. The topological polar surface area (TPSA) is 137 Å². The molecule has 3 rings (SSSR count). The van der Waals surface area contributed by atoms with Gasteiger partial charge in [-0.3, -0.25) is 4.79 Å². The normalized spacial score (nSPS) is 15.3. The number of amidine groups is 1. The number of nitrogens with one attached hydrogen (secondary N) is 2. The molecule has 0 aliphatic carbocycles. The number of amides is 1. The van der Waals surface area contributed by atoms with E-state index in [0.717, 1.165) is 5.56 Å². The van der Waals surface area contributed by atoms with Crippen LogP contribution in [0.15, 0.2) is 63.5 Å². The number of anilines is 1. The number of benzene rings is 2. The van der Waals surface area contributed by atoms with E-state index in [1.165, 1.54) is 23.1 Å². The van der Waals surface area contributed by atoms with E-state index in [9.17, 15) is 23.1 Å². The van der Waals surface area contributed by atoms with Gasteiger partial charge in [0.05, 0.1) is 23.9 Å². The second-order valence-corrected chi connectivity index (χ2v) is 9.42. The summed E-state index contributed by atoms with van der Waals surface area (Å²) in [5.41, 5.74) is 0.851. The Bertz CT molecular complexity index is 1290. The van der Waals surface area contributed by atoms with Crippen molar-refractivity contribution < 1.29 is 27.9 Å². The molecule has 3 N–H and O–H groups in total. The third kappa shape index (κ3) is 5.46. The lowest BCUT2D eigenvalue weighted by atomic mass is 10.0. The summed E-state index contributed by atoms with van der Waals surface area (Å²) < 4.78 is 34.5. The zero-order chi connectivity index (χ0) is 25.8. The summed E-state index contributed by atoms with van der Waals surface area (Å²) in [4.78, 5) is 25.7. The van der Waals surface area contributed by atoms with Crippen LogP contribution in [0.25, 0.3) is 0 Å². The first kappa shape index (κ1) is 25.8. The molecule has 1 aliphatic heterocycles. The molecule has 1 aliphatic rings. The molecule has 0 fully saturated rings. The number of phenols is 1. The number of aromatic hydroxyl groups is 1. The molecule has 1 atom stereocenters. The maximum Gasteiger partial charge on any atom is 0.354 e. The molecule has 1 heterocycles. The number of hydrogen-bond acceptors (Lipinski definition) is 8. The molecule has 2 aromatic carbocycles. The summed E-state index contributed by atoms with van der Waals surface area (Å²) in [6.45, 7) is 3.45. The fourth-order valence-corrected chi connectivity index (χ4v) is 4.69. The van der Waals surface area contributed by atoms with Gasteiger partial charge >= 0.3 is 5.97 Å². The molecule has 0 aromatic heterocycles. The highest BCUT2D eigenvalue weighted by atomic mass is 32.2. The lowest BCUT2D eigenvalue weighted by Gasteiger charge is -2.22. The predicted molar refractivity (Wildman–Crippen MR) is 132 cm³/mol. The van der Waals surface area contributed by atoms with E-state index < -0.39 is 26.8 Å². The van der Waals surface area contributed by atoms with Crippen molar-refractivity contribution in [2.24, 2.45) is 4.40 Å². The maximum absolute atomic E-state index is 12.9. The van der Waals surface area contributed by atoms with Crippen LogP contribution < -0.4 is 10.6 Å². The summed E-state index contributed by atoms with van der Waals surface area (Å²) in [5.74, 6) is -2.07. The Balaban J connectivity index is 2.09. The molecule has 0 saturated carbocycles. The van der Waals surface area contributed by atoms with Gasteiger partial charge in [-0.05, 0) is 31.0 Å². The minimum absolute atomic E-state index is 0.0151. The van der Waals surface area contributed by atoms with Crippen molar-refractivity contribution in [1.82, 2.24) is 10.2 Å². The van der Waals surface area contributed by atoms with Gasteiger partial charge < -0.3 is 25.4 Å². The Morgan fingerprint density at radius 2 is 1.77 bits per heavy atom. The minimum atomic E-state index is -4.40. The van der Waals surface area contributed by atoms with Gasteiger partial charge in [-0.2, -0.15) is 8.42 Å². The molecule has 0 bridgehead atoms. The second kappa shape index (κ2) is 10.6. The van der Waals surface area contributed by atoms with E-state index in [2.05, 4.69) is 15.0 Å². The molecule has 10 nitrogen and oxygen atoms in total. The van der Waals surface area contributed by atoms with Crippen LogP contribution >= 0.6 is 0 Å². The largest absolute Gasteiger partial charge is 0.505 e. The highest BCUT2D eigenvalue weighted by molar-refractivity contribution is 7.95. The Labute approximate surface area is 204 Å². The molecule has 2 aromatic rings. The minimum Gasteiger partial charge on any atom is -0.505 e. The molecule has 35 heavy (non-hydrogen) atoms. The number of hydrogen-bond donors (Lipinski definition) is 3. The first-order valence-electron chi connectivity index (χ1n) is 11.0. The summed E-state index contributed by atoms with van der Waals surface area (Å²) in [7, 11) is -1.32. The van der Waals surface area contributed by atoms with Gasteiger partial charge in [-0.15, -0.1) is 4.40 Å². The maximum atomic E-state index is 12.9. The molecule has 0 spiro atoms.